The molecule has 164 valence electrons. The van der Waals surface area contributed by atoms with Gasteiger partial charge in [-0.15, -0.1) is 0 Å². The summed E-state index contributed by atoms with van der Waals surface area (Å²) in [6.45, 7) is 1.84. The van der Waals surface area contributed by atoms with Crippen molar-refractivity contribution in [1.82, 2.24) is 9.78 Å². The molecule has 0 aliphatic rings. The lowest BCUT2D eigenvalue weighted by molar-refractivity contribution is 0.102. The van der Waals surface area contributed by atoms with Gasteiger partial charge in [0.05, 0.1) is 32.6 Å². The van der Waals surface area contributed by atoms with E-state index in [9.17, 15) is 4.79 Å². The number of amides is 1. The van der Waals surface area contributed by atoms with Crippen molar-refractivity contribution in [3.05, 3.63) is 72.1 Å². The number of nitrogens with zero attached hydrogens (tertiary/aromatic N) is 2. The van der Waals surface area contributed by atoms with Crippen LogP contribution in [-0.2, 0) is 0 Å². The van der Waals surface area contributed by atoms with Crippen molar-refractivity contribution in [2.24, 2.45) is 0 Å². The minimum absolute atomic E-state index is 0.356. The maximum atomic E-state index is 13.3. The summed E-state index contributed by atoms with van der Waals surface area (Å²) in [5.74, 6) is 2.19. The van der Waals surface area contributed by atoms with Crippen LogP contribution in [0.3, 0.4) is 0 Å². The number of carbonyl (C=O) groups excluding carboxylic acids is 1. The van der Waals surface area contributed by atoms with Gasteiger partial charge in [0, 0.05) is 24.0 Å². The third-order valence-corrected chi connectivity index (χ3v) is 4.88. The van der Waals surface area contributed by atoms with Gasteiger partial charge in [-0.05, 0) is 31.2 Å². The predicted molar refractivity (Wildman–Crippen MR) is 120 cm³/mol. The Kier molecular flexibility index (Phi) is 5.85. The minimum atomic E-state index is -0.356. The zero-order valence-electron chi connectivity index (χ0n) is 18.2. The molecule has 0 unspecified atom stereocenters. The number of hydrogen-bond acceptors (Lipinski definition) is 6. The molecule has 0 aliphatic carbocycles. The number of rotatable bonds is 7. The fourth-order valence-corrected chi connectivity index (χ4v) is 3.35. The smallest absolute Gasteiger partial charge is 0.259 e. The Morgan fingerprint density at radius 1 is 0.969 bits per heavy atom. The van der Waals surface area contributed by atoms with Crippen molar-refractivity contribution < 1.29 is 23.4 Å². The summed E-state index contributed by atoms with van der Waals surface area (Å²) in [6, 6.07) is 16.5. The summed E-state index contributed by atoms with van der Waals surface area (Å²) in [5, 5.41) is 7.51. The van der Waals surface area contributed by atoms with Crippen LogP contribution in [0.5, 0.6) is 17.2 Å². The average Bonchev–Trinajstić information content (AvgIpc) is 3.45. The first-order chi connectivity index (χ1) is 15.5. The average molecular weight is 433 g/mol. The first kappa shape index (κ1) is 21.0. The van der Waals surface area contributed by atoms with Crippen molar-refractivity contribution in [2.45, 2.75) is 6.92 Å². The van der Waals surface area contributed by atoms with Gasteiger partial charge >= 0.3 is 0 Å². The van der Waals surface area contributed by atoms with Gasteiger partial charge in [0.2, 0.25) is 5.75 Å². The van der Waals surface area contributed by atoms with E-state index in [1.807, 2.05) is 43.3 Å². The van der Waals surface area contributed by atoms with E-state index >= 15 is 0 Å². The Morgan fingerprint density at radius 3 is 2.22 bits per heavy atom. The molecular weight excluding hydrogens is 410 g/mol. The number of carbonyl (C=O) groups is 1. The number of methoxy groups -OCH3 is 3. The first-order valence-corrected chi connectivity index (χ1v) is 9.87. The van der Waals surface area contributed by atoms with E-state index in [0.29, 0.717) is 40.0 Å². The lowest BCUT2D eigenvalue weighted by atomic mass is 10.2. The molecule has 0 saturated carbocycles. The van der Waals surface area contributed by atoms with Crippen LogP contribution in [0.2, 0.25) is 0 Å². The summed E-state index contributed by atoms with van der Waals surface area (Å²) in [5.41, 5.74) is 2.10. The van der Waals surface area contributed by atoms with Crippen molar-refractivity contribution in [3.8, 4) is 34.4 Å². The molecule has 8 heteroatoms. The molecule has 0 fully saturated rings. The molecule has 0 radical (unpaired) electrons. The normalized spacial score (nSPS) is 10.6. The van der Waals surface area contributed by atoms with Crippen LogP contribution < -0.4 is 19.5 Å². The number of nitrogens with one attached hydrogen (secondary N) is 1. The van der Waals surface area contributed by atoms with E-state index < -0.39 is 0 Å². The third-order valence-electron chi connectivity index (χ3n) is 4.88. The number of hydrogen-bond donors (Lipinski definition) is 1. The Bertz CT molecular complexity index is 1220. The maximum Gasteiger partial charge on any atom is 0.259 e. The summed E-state index contributed by atoms with van der Waals surface area (Å²) in [7, 11) is 4.56. The molecule has 2 aromatic heterocycles. The van der Waals surface area contributed by atoms with Gasteiger partial charge in [-0.2, -0.15) is 5.10 Å². The molecule has 32 heavy (non-hydrogen) atoms. The molecule has 1 N–H and O–H groups in total. The summed E-state index contributed by atoms with van der Waals surface area (Å²) < 4.78 is 23.5. The number of para-hydroxylation sites is 1. The fraction of sp³-hybridized carbons (Fsp3) is 0.167. The zero-order valence-corrected chi connectivity index (χ0v) is 18.2. The number of benzene rings is 2. The number of furan rings is 1. The Morgan fingerprint density at radius 2 is 1.66 bits per heavy atom. The highest BCUT2D eigenvalue weighted by atomic mass is 16.5. The van der Waals surface area contributed by atoms with Gasteiger partial charge in [0.1, 0.15) is 11.5 Å². The van der Waals surface area contributed by atoms with E-state index in [1.165, 1.54) is 21.3 Å². The maximum absolute atomic E-state index is 13.3. The van der Waals surface area contributed by atoms with Crippen LogP contribution in [-0.4, -0.2) is 37.0 Å². The van der Waals surface area contributed by atoms with Crippen molar-refractivity contribution in [1.29, 1.82) is 0 Å². The predicted octanol–water partition coefficient (Wildman–Crippen LogP) is 4.72. The SMILES string of the molecule is COc1cc(NC(=O)c2cn(-c3ccccc3)nc2-c2ccc(C)o2)cc(OC)c1OC. The third kappa shape index (κ3) is 4.02. The van der Waals surface area contributed by atoms with Crippen LogP contribution in [0.15, 0.2) is 65.2 Å². The van der Waals surface area contributed by atoms with Crippen LogP contribution in [0.25, 0.3) is 17.1 Å². The van der Waals surface area contributed by atoms with E-state index in [-0.39, 0.29) is 5.91 Å². The van der Waals surface area contributed by atoms with Crippen molar-refractivity contribution in [2.75, 3.05) is 26.6 Å². The molecule has 0 saturated heterocycles. The largest absolute Gasteiger partial charge is 0.493 e. The van der Waals surface area contributed by atoms with Gasteiger partial charge in [-0.25, -0.2) is 4.68 Å². The molecule has 2 heterocycles. The molecule has 1 amide bonds. The second-order valence-corrected chi connectivity index (χ2v) is 6.95. The lowest BCUT2D eigenvalue weighted by Gasteiger charge is -2.14. The van der Waals surface area contributed by atoms with Gasteiger partial charge in [-0.1, -0.05) is 18.2 Å². The summed E-state index contributed by atoms with van der Waals surface area (Å²) >= 11 is 0. The number of ether oxygens (including phenoxy) is 3. The summed E-state index contributed by atoms with van der Waals surface area (Å²) in [4.78, 5) is 13.3. The highest BCUT2D eigenvalue weighted by molar-refractivity contribution is 6.08. The molecule has 0 spiro atoms. The van der Waals surface area contributed by atoms with E-state index in [0.717, 1.165) is 11.4 Å². The summed E-state index contributed by atoms with van der Waals surface area (Å²) in [6.07, 6.45) is 1.68. The highest BCUT2D eigenvalue weighted by Gasteiger charge is 2.22. The topological polar surface area (TPSA) is 87.8 Å². The highest BCUT2D eigenvalue weighted by Crippen LogP contribution is 2.40. The molecule has 0 bridgehead atoms. The van der Waals surface area contributed by atoms with E-state index in [4.69, 9.17) is 18.6 Å². The van der Waals surface area contributed by atoms with Crippen LogP contribution in [0.4, 0.5) is 5.69 Å². The molecule has 8 nitrogen and oxygen atoms in total. The monoisotopic (exact) mass is 433 g/mol. The van der Waals surface area contributed by atoms with Gasteiger partial charge in [-0.3, -0.25) is 4.79 Å². The zero-order chi connectivity index (χ0) is 22.7. The van der Waals surface area contributed by atoms with Gasteiger partial charge < -0.3 is 23.9 Å². The van der Waals surface area contributed by atoms with E-state index in [2.05, 4.69) is 10.4 Å². The van der Waals surface area contributed by atoms with Gasteiger partial charge in [0.25, 0.3) is 5.91 Å². The number of aryl methyl sites for hydroxylation is 1. The molecule has 0 aliphatic heterocycles. The molecule has 0 atom stereocenters. The Labute approximate surface area is 185 Å². The van der Waals surface area contributed by atoms with Gasteiger partial charge in [0.15, 0.2) is 17.3 Å². The minimum Gasteiger partial charge on any atom is -0.493 e. The molecule has 4 rings (SSSR count). The number of aromatic nitrogens is 2. The second-order valence-electron chi connectivity index (χ2n) is 6.95. The van der Waals surface area contributed by atoms with E-state index in [1.54, 1.807) is 29.1 Å². The first-order valence-electron chi connectivity index (χ1n) is 9.87. The van der Waals surface area contributed by atoms with Crippen LogP contribution in [0.1, 0.15) is 16.1 Å². The molecule has 4 aromatic rings. The fourth-order valence-electron chi connectivity index (χ4n) is 3.35. The van der Waals surface area contributed by atoms with Crippen LogP contribution in [0, 0.1) is 6.92 Å². The lowest BCUT2D eigenvalue weighted by Crippen LogP contribution is -2.12. The Balaban J connectivity index is 1.74. The van der Waals surface area contributed by atoms with Crippen molar-refractivity contribution in [3.63, 3.8) is 0 Å². The van der Waals surface area contributed by atoms with Crippen LogP contribution >= 0.6 is 0 Å². The Hall–Kier alpha value is -4.20. The standard InChI is InChI=1S/C24H23N3O5/c1-15-10-11-19(32-15)22-18(14-27(26-22)17-8-6-5-7-9-17)24(28)25-16-12-20(29-2)23(31-4)21(13-16)30-3/h5-14H,1-4H3,(H,25,28). The quantitative estimate of drug-likeness (QED) is 0.454. The second kappa shape index (κ2) is 8.89. The molecular formula is C24H23N3O5. The molecule has 2 aromatic carbocycles. The van der Waals surface area contributed by atoms with Crippen molar-refractivity contribution >= 4 is 11.6 Å². The number of anilines is 1.